The Labute approximate surface area is 212 Å². The van der Waals surface area contributed by atoms with E-state index in [2.05, 4.69) is 10.4 Å². The summed E-state index contributed by atoms with van der Waals surface area (Å²) in [6.07, 6.45) is 0.278. The number of aryl methyl sites for hydroxylation is 1. The van der Waals surface area contributed by atoms with E-state index in [0.717, 1.165) is 5.56 Å². The van der Waals surface area contributed by atoms with Crippen molar-refractivity contribution in [1.82, 2.24) is 9.78 Å². The number of carbonyl (C=O) groups excluding carboxylic acids is 1. The molecule has 0 saturated carbocycles. The number of nitrogens with one attached hydrogen (secondary N) is 1. The van der Waals surface area contributed by atoms with Gasteiger partial charge >= 0.3 is 0 Å². The number of benzene rings is 3. The number of anilines is 1. The fourth-order valence-electron chi connectivity index (χ4n) is 3.89. The number of carbonyl (C=O) groups is 1. The molecule has 1 unspecified atom stereocenters. The number of ether oxygens (including phenoxy) is 1. The smallest absolute Gasteiger partial charge is 0.266 e. The van der Waals surface area contributed by atoms with E-state index in [1.807, 2.05) is 55.5 Å². The van der Waals surface area contributed by atoms with E-state index in [-0.39, 0.29) is 28.3 Å². The van der Waals surface area contributed by atoms with Gasteiger partial charge in [-0.3, -0.25) is 9.59 Å². The fraction of sp³-hybridized carbons (Fsp3) is 0.103. The molecule has 37 heavy (non-hydrogen) atoms. The Hall–Kier alpha value is -5.16. The first kappa shape index (κ1) is 23.6. The molecule has 2 aromatic heterocycles. The van der Waals surface area contributed by atoms with Crippen LogP contribution in [0.25, 0.3) is 28.0 Å². The highest BCUT2D eigenvalue weighted by molar-refractivity contribution is 5.95. The summed E-state index contributed by atoms with van der Waals surface area (Å²) < 4.78 is 13.5. The number of hydrogen-bond acceptors (Lipinski definition) is 6. The van der Waals surface area contributed by atoms with Gasteiger partial charge < -0.3 is 14.5 Å². The van der Waals surface area contributed by atoms with Gasteiger partial charge in [0.2, 0.25) is 11.2 Å². The van der Waals surface area contributed by atoms with Crippen LogP contribution in [0.4, 0.5) is 5.82 Å². The Kier molecular flexibility index (Phi) is 6.27. The van der Waals surface area contributed by atoms with Gasteiger partial charge in [-0.1, -0.05) is 60.2 Å². The largest absolute Gasteiger partial charge is 0.473 e. The lowest BCUT2D eigenvalue weighted by atomic mass is 10.1. The van der Waals surface area contributed by atoms with Crippen LogP contribution in [0, 0.1) is 18.3 Å². The van der Waals surface area contributed by atoms with Crippen LogP contribution in [0.2, 0.25) is 0 Å². The number of amides is 1. The average Bonchev–Trinajstić information content (AvgIpc) is 3.33. The van der Waals surface area contributed by atoms with Crippen LogP contribution in [0.5, 0.6) is 5.75 Å². The zero-order chi connectivity index (χ0) is 25.9. The first-order valence-electron chi connectivity index (χ1n) is 11.6. The van der Waals surface area contributed by atoms with E-state index < -0.39 is 12.0 Å². The zero-order valence-electron chi connectivity index (χ0n) is 20.1. The van der Waals surface area contributed by atoms with E-state index in [4.69, 9.17) is 9.15 Å². The molecule has 3 aromatic carbocycles. The lowest BCUT2D eigenvalue weighted by molar-refractivity contribution is -0.122. The van der Waals surface area contributed by atoms with Crippen molar-refractivity contribution in [2.24, 2.45) is 0 Å². The van der Waals surface area contributed by atoms with Crippen LogP contribution >= 0.6 is 0 Å². The highest BCUT2D eigenvalue weighted by Gasteiger charge is 2.25. The summed E-state index contributed by atoms with van der Waals surface area (Å²) in [6.45, 7) is 3.48. The van der Waals surface area contributed by atoms with Gasteiger partial charge in [-0.15, -0.1) is 0 Å². The third-order valence-electron chi connectivity index (χ3n) is 5.87. The van der Waals surface area contributed by atoms with E-state index >= 15 is 0 Å². The predicted octanol–water partition coefficient (Wildman–Crippen LogP) is 5.23. The second-order valence-corrected chi connectivity index (χ2v) is 8.47. The van der Waals surface area contributed by atoms with Gasteiger partial charge in [0, 0.05) is 5.56 Å². The van der Waals surface area contributed by atoms with Crippen molar-refractivity contribution in [3.05, 3.63) is 106 Å². The van der Waals surface area contributed by atoms with Crippen molar-refractivity contribution in [1.29, 1.82) is 5.26 Å². The minimum Gasteiger partial charge on any atom is -0.473 e. The summed E-state index contributed by atoms with van der Waals surface area (Å²) in [4.78, 5) is 26.6. The molecule has 0 aliphatic carbocycles. The molecule has 8 heteroatoms. The second-order valence-electron chi connectivity index (χ2n) is 8.47. The maximum Gasteiger partial charge on any atom is 0.266 e. The molecule has 1 N–H and O–H groups in total. The molecule has 0 spiro atoms. The number of aromatic nitrogens is 2. The first-order valence-corrected chi connectivity index (χ1v) is 11.6. The Morgan fingerprint density at radius 3 is 2.49 bits per heavy atom. The van der Waals surface area contributed by atoms with Crippen molar-refractivity contribution in [2.75, 3.05) is 5.32 Å². The number of hydrogen-bond donors (Lipinski definition) is 1. The van der Waals surface area contributed by atoms with Gasteiger partial charge in [0.25, 0.3) is 5.91 Å². The summed E-state index contributed by atoms with van der Waals surface area (Å²) in [7, 11) is 0. The molecule has 1 atom stereocenters. The second kappa shape index (κ2) is 9.84. The van der Waals surface area contributed by atoms with Crippen LogP contribution in [0.1, 0.15) is 18.1 Å². The summed E-state index contributed by atoms with van der Waals surface area (Å²) in [5.74, 6) is -0.187. The SMILES string of the molecule is Cc1ccc(-c2oc3ccccc3c(=O)c2OC(C)C(=O)Nc2c(C#N)cnn2-c2ccccc2)cc1. The summed E-state index contributed by atoms with van der Waals surface area (Å²) in [6, 6.07) is 25.5. The average molecular weight is 491 g/mol. The van der Waals surface area contributed by atoms with E-state index in [0.29, 0.717) is 22.2 Å². The number of fused-ring (bicyclic) bond motifs is 1. The lowest BCUT2D eigenvalue weighted by Crippen LogP contribution is -2.32. The standard InChI is InChI=1S/C29H22N4O4/c1-18-12-14-20(15-13-18)26-27(25(34)23-10-6-7-11-24(23)37-26)36-19(2)29(35)32-28-21(16-30)17-31-33(28)22-8-4-3-5-9-22/h3-15,17,19H,1-2H3,(H,32,35). The highest BCUT2D eigenvalue weighted by atomic mass is 16.5. The van der Waals surface area contributed by atoms with Crippen molar-refractivity contribution < 1.29 is 13.9 Å². The van der Waals surface area contributed by atoms with Gasteiger partial charge in [0.15, 0.2) is 17.7 Å². The molecular formula is C29H22N4O4. The van der Waals surface area contributed by atoms with Crippen LogP contribution in [0.3, 0.4) is 0 Å². The maximum absolute atomic E-state index is 13.4. The number of nitrogens with zero attached hydrogens (tertiary/aromatic N) is 3. The Morgan fingerprint density at radius 2 is 1.76 bits per heavy atom. The molecule has 0 fully saturated rings. The van der Waals surface area contributed by atoms with E-state index in [9.17, 15) is 14.9 Å². The quantitative estimate of drug-likeness (QED) is 0.349. The first-order chi connectivity index (χ1) is 18.0. The maximum atomic E-state index is 13.4. The van der Waals surface area contributed by atoms with Crippen molar-refractivity contribution in [2.45, 2.75) is 20.0 Å². The highest BCUT2D eigenvalue weighted by Crippen LogP contribution is 2.32. The minimum absolute atomic E-state index is 0.0673. The third-order valence-corrected chi connectivity index (χ3v) is 5.87. The summed E-state index contributed by atoms with van der Waals surface area (Å²) >= 11 is 0. The molecule has 5 aromatic rings. The third kappa shape index (κ3) is 4.58. The summed E-state index contributed by atoms with van der Waals surface area (Å²) in [5, 5.41) is 16.9. The monoisotopic (exact) mass is 490 g/mol. The van der Waals surface area contributed by atoms with Crippen LogP contribution in [0.15, 0.2) is 94.3 Å². The topological polar surface area (TPSA) is 110 Å². The van der Waals surface area contributed by atoms with Crippen molar-refractivity contribution in [3.63, 3.8) is 0 Å². The van der Waals surface area contributed by atoms with E-state index in [1.54, 1.807) is 36.4 Å². The Bertz CT molecular complexity index is 1700. The predicted molar refractivity (Wildman–Crippen MR) is 140 cm³/mol. The molecule has 0 aliphatic rings. The van der Waals surface area contributed by atoms with Gasteiger partial charge in [0.1, 0.15) is 17.2 Å². The molecule has 1 amide bonds. The number of nitriles is 1. The normalized spacial score (nSPS) is 11.6. The molecule has 2 heterocycles. The zero-order valence-corrected chi connectivity index (χ0v) is 20.1. The number of rotatable bonds is 6. The summed E-state index contributed by atoms with van der Waals surface area (Å²) in [5.41, 5.74) is 2.58. The van der Waals surface area contributed by atoms with Crippen molar-refractivity contribution >= 4 is 22.7 Å². The van der Waals surface area contributed by atoms with E-state index in [1.165, 1.54) is 17.8 Å². The molecule has 0 bridgehead atoms. The molecule has 0 saturated heterocycles. The molecule has 5 rings (SSSR count). The Morgan fingerprint density at radius 1 is 1.05 bits per heavy atom. The van der Waals surface area contributed by atoms with Gasteiger partial charge in [-0.05, 0) is 38.1 Å². The molecule has 8 nitrogen and oxygen atoms in total. The fourth-order valence-corrected chi connectivity index (χ4v) is 3.89. The molecule has 0 aliphatic heterocycles. The van der Waals surface area contributed by atoms with Crippen molar-refractivity contribution in [3.8, 4) is 28.8 Å². The lowest BCUT2D eigenvalue weighted by Gasteiger charge is -2.17. The van der Waals surface area contributed by atoms with Crippen LogP contribution in [-0.2, 0) is 4.79 Å². The molecule has 182 valence electrons. The van der Waals surface area contributed by atoms with Gasteiger partial charge in [-0.2, -0.15) is 10.4 Å². The minimum atomic E-state index is -1.10. The van der Waals surface area contributed by atoms with Crippen LogP contribution < -0.4 is 15.5 Å². The van der Waals surface area contributed by atoms with Gasteiger partial charge in [-0.25, -0.2) is 4.68 Å². The van der Waals surface area contributed by atoms with Gasteiger partial charge in [0.05, 0.1) is 17.3 Å². The molecular weight excluding hydrogens is 468 g/mol. The van der Waals surface area contributed by atoms with Crippen LogP contribution in [-0.4, -0.2) is 21.8 Å². The number of para-hydroxylation sites is 2. The Balaban J connectivity index is 1.50. The molecule has 0 radical (unpaired) electrons.